The van der Waals surface area contributed by atoms with Gasteiger partial charge in [0.2, 0.25) is 11.8 Å². The number of carbonyl (C=O) groups excluding carboxylic acids is 2. The van der Waals surface area contributed by atoms with Gasteiger partial charge in [-0.15, -0.1) is 0 Å². The molecule has 0 aliphatic carbocycles. The summed E-state index contributed by atoms with van der Waals surface area (Å²) in [5, 5.41) is 0. The first-order valence-corrected chi connectivity index (χ1v) is 10.2. The van der Waals surface area contributed by atoms with Crippen molar-refractivity contribution in [2.45, 2.75) is 39.8 Å². The molecule has 2 amide bonds. The predicted molar refractivity (Wildman–Crippen MR) is 96.7 cm³/mol. The van der Waals surface area contributed by atoms with Crippen LogP contribution >= 0.6 is 21.6 Å². The van der Waals surface area contributed by atoms with Gasteiger partial charge < -0.3 is 21.3 Å². The number of hydrogen-bond donors (Lipinski definition) is 2. The molecule has 0 saturated heterocycles. The zero-order chi connectivity index (χ0) is 17.1. The van der Waals surface area contributed by atoms with Crippen LogP contribution in [0.5, 0.6) is 0 Å². The van der Waals surface area contributed by atoms with Crippen molar-refractivity contribution in [3.63, 3.8) is 0 Å². The molecule has 0 rings (SSSR count). The summed E-state index contributed by atoms with van der Waals surface area (Å²) in [6, 6.07) is -1.01. The van der Waals surface area contributed by atoms with Gasteiger partial charge in [0.05, 0.1) is 12.1 Å². The molecular formula is C14H30N4O2S2. The van der Waals surface area contributed by atoms with E-state index in [2.05, 4.69) is 0 Å². The normalized spacial score (nSPS) is 13.5. The van der Waals surface area contributed by atoms with E-state index in [4.69, 9.17) is 11.5 Å². The van der Waals surface area contributed by atoms with Gasteiger partial charge in [-0.2, -0.15) is 0 Å². The van der Waals surface area contributed by atoms with Crippen LogP contribution in [0.25, 0.3) is 0 Å². The second-order valence-corrected chi connectivity index (χ2v) is 7.36. The highest BCUT2D eigenvalue weighted by Gasteiger charge is 2.21. The van der Waals surface area contributed by atoms with Crippen molar-refractivity contribution in [3.8, 4) is 0 Å². The van der Waals surface area contributed by atoms with E-state index >= 15 is 0 Å². The highest BCUT2D eigenvalue weighted by atomic mass is 33.1. The zero-order valence-corrected chi connectivity index (χ0v) is 15.7. The van der Waals surface area contributed by atoms with E-state index < -0.39 is 12.1 Å². The van der Waals surface area contributed by atoms with E-state index in [9.17, 15) is 9.59 Å². The van der Waals surface area contributed by atoms with Crippen LogP contribution in [0.15, 0.2) is 0 Å². The molecule has 0 spiro atoms. The highest BCUT2D eigenvalue weighted by molar-refractivity contribution is 8.76. The van der Waals surface area contributed by atoms with Crippen LogP contribution < -0.4 is 11.5 Å². The van der Waals surface area contributed by atoms with Gasteiger partial charge in [-0.3, -0.25) is 9.59 Å². The lowest BCUT2D eigenvalue weighted by Crippen LogP contribution is -2.45. The Hall–Kier alpha value is -0.440. The fraction of sp³-hybridized carbons (Fsp3) is 0.857. The van der Waals surface area contributed by atoms with Gasteiger partial charge in [-0.1, -0.05) is 21.6 Å². The maximum atomic E-state index is 12.0. The average molecular weight is 351 g/mol. The van der Waals surface area contributed by atoms with Gasteiger partial charge in [0.15, 0.2) is 0 Å². The third-order valence-electron chi connectivity index (χ3n) is 3.36. The Morgan fingerprint density at radius 1 is 0.773 bits per heavy atom. The highest BCUT2D eigenvalue weighted by Crippen LogP contribution is 2.23. The summed E-state index contributed by atoms with van der Waals surface area (Å²) in [6.45, 7) is 10.4. The minimum atomic E-state index is -0.507. The number of nitrogens with two attached hydrogens (primary N) is 2. The smallest absolute Gasteiger partial charge is 0.240 e. The lowest BCUT2D eigenvalue weighted by Gasteiger charge is -2.23. The van der Waals surface area contributed by atoms with Gasteiger partial charge in [-0.25, -0.2) is 0 Å². The minimum absolute atomic E-state index is 0.0263. The number of hydrogen-bond acceptors (Lipinski definition) is 6. The summed E-state index contributed by atoms with van der Waals surface area (Å²) < 4.78 is 0. The quantitative estimate of drug-likeness (QED) is 0.422. The molecule has 4 N–H and O–H groups in total. The van der Waals surface area contributed by atoms with Crippen LogP contribution in [-0.4, -0.2) is 71.4 Å². The molecule has 0 aromatic rings. The molecule has 0 bridgehead atoms. The standard InChI is InChI=1S/C14H30N4O2S2/c1-5-17(6-2)13(19)11(15)9-21-22-10-12(16)14(20)18(7-3)8-4/h11-12H,5-10,15-16H2,1-4H3/t11-,12?/m0/s1. The monoisotopic (exact) mass is 350 g/mol. The number of rotatable bonds is 11. The van der Waals surface area contributed by atoms with Gasteiger partial charge >= 0.3 is 0 Å². The molecular weight excluding hydrogens is 320 g/mol. The van der Waals surface area contributed by atoms with E-state index in [1.165, 1.54) is 21.6 Å². The van der Waals surface area contributed by atoms with Crippen LogP contribution in [0.3, 0.4) is 0 Å². The summed E-state index contributed by atoms with van der Waals surface area (Å²) in [6.07, 6.45) is 0. The number of likely N-dealkylation sites (N-methyl/N-ethyl adjacent to an activating group) is 2. The molecule has 0 aliphatic heterocycles. The van der Waals surface area contributed by atoms with Crippen LogP contribution in [0.1, 0.15) is 27.7 Å². The lowest BCUT2D eigenvalue weighted by atomic mass is 10.3. The first-order valence-electron chi connectivity index (χ1n) is 7.75. The first-order chi connectivity index (χ1) is 10.4. The SMILES string of the molecule is CCN(CC)C(=O)C(N)CSSC[C@H](N)C(=O)N(CC)CC. The number of carbonyl (C=O) groups is 2. The zero-order valence-electron chi connectivity index (χ0n) is 14.1. The van der Waals surface area contributed by atoms with Crippen molar-refractivity contribution in [3.05, 3.63) is 0 Å². The Morgan fingerprint density at radius 3 is 1.27 bits per heavy atom. The largest absolute Gasteiger partial charge is 0.342 e. The third-order valence-corrected chi connectivity index (χ3v) is 5.84. The fourth-order valence-corrected chi connectivity index (χ4v) is 4.15. The molecule has 8 heteroatoms. The fourth-order valence-electron chi connectivity index (χ4n) is 1.92. The van der Waals surface area contributed by atoms with Crippen molar-refractivity contribution in [1.82, 2.24) is 9.80 Å². The van der Waals surface area contributed by atoms with Gasteiger partial charge in [-0.05, 0) is 27.7 Å². The maximum absolute atomic E-state index is 12.0. The second-order valence-electron chi connectivity index (χ2n) is 4.80. The van der Waals surface area contributed by atoms with E-state index in [0.29, 0.717) is 37.7 Å². The summed E-state index contributed by atoms with van der Waals surface area (Å²) in [7, 11) is 2.99. The van der Waals surface area contributed by atoms with Gasteiger partial charge in [0.25, 0.3) is 0 Å². The van der Waals surface area contributed by atoms with Gasteiger partial charge in [0.1, 0.15) is 0 Å². The Labute approximate surface area is 142 Å². The molecule has 0 aliphatic rings. The molecule has 0 saturated carbocycles. The van der Waals surface area contributed by atoms with Crippen LogP contribution in [-0.2, 0) is 9.59 Å². The summed E-state index contributed by atoms with van der Waals surface area (Å²) >= 11 is 0. The topological polar surface area (TPSA) is 92.7 Å². The van der Waals surface area contributed by atoms with E-state index in [1.54, 1.807) is 9.80 Å². The molecule has 22 heavy (non-hydrogen) atoms. The molecule has 6 nitrogen and oxygen atoms in total. The summed E-state index contributed by atoms with van der Waals surface area (Å²) in [4.78, 5) is 27.5. The molecule has 0 aromatic carbocycles. The molecule has 0 fully saturated rings. The first kappa shape index (κ1) is 21.6. The van der Waals surface area contributed by atoms with Crippen molar-refractivity contribution in [2.75, 3.05) is 37.7 Å². The minimum Gasteiger partial charge on any atom is -0.342 e. The van der Waals surface area contributed by atoms with E-state index in [1.807, 2.05) is 27.7 Å². The third kappa shape index (κ3) is 7.21. The van der Waals surface area contributed by atoms with Crippen molar-refractivity contribution >= 4 is 33.4 Å². The van der Waals surface area contributed by atoms with Crippen LogP contribution in [0, 0.1) is 0 Å². The summed E-state index contributed by atoms with van der Waals surface area (Å²) in [5.41, 5.74) is 11.8. The molecule has 1 unspecified atom stereocenters. The van der Waals surface area contributed by atoms with Gasteiger partial charge in [0, 0.05) is 37.7 Å². The number of amides is 2. The summed E-state index contributed by atoms with van der Waals surface area (Å²) in [5.74, 6) is 0.987. The predicted octanol–water partition coefficient (Wildman–Crippen LogP) is 0.759. The molecule has 0 radical (unpaired) electrons. The van der Waals surface area contributed by atoms with Crippen molar-refractivity contribution < 1.29 is 9.59 Å². The van der Waals surface area contributed by atoms with E-state index in [0.717, 1.165) is 0 Å². The molecule has 2 atom stereocenters. The van der Waals surface area contributed by atoms with E-state index in [-0.39, 0.29) is 11.8 Å². The number of nitrogens with zero attached hydrogens (tertiary/aromatic N) is 2. The molecule has 130 valence electrons. The maximum Gasteiger partial charge on any atom is 0.240 e. The average Bonchev–Trinajstić information content (AvgIpc) is 2.53. The Morgan fingerprint density at radius 2 is 1.05 bits per heavy atom. The van der Waals surface area contributed by atoms with Crippen molar-refractivity contribution in [2.24, 2.45) is 11.5 Å². The van der Waals surface area contributed by atoms with Crippen LogP contribution in [0.4, 0.5) is 0 Å². The Kier molecular flexibility index (Phi) is 11.8. The Bertz CT molecular complexity index is 305. The lowest BCUT2D eigenvalue weighted by molar-refractivity contribution is -0.132. The van der Waals surface area contributed by atoms with Crippen LogP contribution in [0.2, 0.25) is 0 Å². The second kappa shape index (κ2) is 12.0. The Balaban J connectivity index is 4.06. The van der Waals surface area contributed by atoms with Crippen molar-refractivity contribution in [1.29, 1.82) is 0 Å². The molecule has 0 heterocycles. The molecule has 0 aromatic heterocycles.